The second kappa shape index (κ2) is 4.20. The van der Waals surface area contributed by atoms with E-state index in [0.29, 0.717) is 10.6 Å². The van der Waals surface area contributed by atoms with Crippen LogP contribution in [-0.4, -0.2) is 31.7 Å². The Labute approximate surface area is 105 Å². The van der Waals surface area contributed by atoms with Crippen molar-refractivity contribution in [2.75, 3.05) is 24.5 Å². The number of hydrogen-bond donors (Lipinski definition) is 2. The molecular weight excluding hydrogens is 238 g/mol. The van der Waals surface area contributed by atoms with E-state index in [-0.39, 0.29) is 12.1 Å². The first-order valence-corrected chi connectivity index (χ1v) is 6.22. The number of nitrogens with zero attached hydrogens (tertiary/aromatic N) is 1. The van der Waals surface area contributed by atoms with Gasteiger partial charge in [0.05, 0.1) is 16.3 Å². The highest BCUT2D eigenvalue weighted by Gasteiger charge is 2.32. The van der Waals surface area contributed by atoms with Crippen LogP contribution in [0.5, 0.6) is 0 Å². The van der Waals surface area contributed by atoms with Gasteiger partial charge in [0.2, 0.25) is 0 Å². The van der Waals surface area contributed by atoms with E-state index in [1.165, 1.54) is 0 Å². The number of benzene rings is 1. The van der Waals surface area contributed by atoms with Crippen molar-refractivity contribution in [1.82, 2.24) is 10.6 Å². The summed E-state index contributed by atoms with van der Waals surface area (Å²) in [7, 11) is 0. The van der Waals surface area contributed by atoms with E-state index in [1.54, 1.807) is 0 Å². The lowest BCUT2D eigenvalue weighted by atomic mass is 10.1. The van der Waals surface area contributed by atoms with E-state index in [2.05, 4.69) is 15.5 Å². The van der Waals surface area contributed by atoms with Crippen LogP contribution in [0.1, 0.15) is 16.8 Å². The van der Waals surface area contributed by atoms with Crippen molar-refractivity contribution < 1.29 is 4.79 Å². The van der Waals surface area contributed by atoms with Crippen molar-refractivity contribution in [2.45, 2.75) is 12.6 Å². The third kappa shape index (κ3) is 1.77. The lowest BCUT2D eigenvalue weighted by Crippen LogP contribution is -2.53. The maximum Gasteiger partial charge on any atom is 0.255 e. The summed E-state index contributed by atoms with van der Waals surface area (Å²) in [5, 5.41) is 7.02. The molecule has 5 heteroatoms. The largest absolute Gasteiger partial charge is 0.348 e. The van der Waals surface area contributed by atoms with Crippen LogP contribution in [-0.2, 0) is 0 Å². The molecule has 0 bridgehead atoms. The van der Waals surface area contributed by atoms with Gasteiger partial charge in [0.1, 0.15) is 6.17 Å². The molecule has 0 radical (unpaired) electrons. The van der Waals surface area contributed by atoms with Crippen LogP contribution in [0.3, 0.4) is 0 Å². The summed E-state index contributed by atoms with van der Waals surface area (Å²) in [5.41, 5.74) is 1.56. The number of carbonyl (C=O) groups excluding carboxylic acids is 1. The molecule has 0 saturated carbocycles. The lowest BCUT2D eigenvalue weighted by molar-refractivity contribution is 0.0926. The van der Waals surface area contributed by atoms with E-state index >= 15 is 0 Å². The van der Waals surface area contributed by atoms with Gasteiger partial charge >= 0.3 is 0 Å². The topological polar surface area (TPSA) is 44.4 Å². The Morgan fingerprint density at radius 3 is 3.12 bits per heavy atom. The highest BCUT2D eigenvalue weighted by molar-refractivity contribution is 6.34. The van der Waals surface area contributed by atoms with E-state index in [1.807, 2.05) is 18.2 Å². The Kier molecular flexibility index (Phi) is 2.68. The summed E-state index contributed by atoms with van der Waals surface area (Å²) in [6.07, 6.45) is 0.959. The standard InChI is InChI=1S/C12H14ClN3O/c13-9-3-1-2-8-11(9)16-7-6-14-5-4-10(16)15-12(8)17/h1-3,10,14H,4-7H2,(H,15,17)/t10-/m0/s1. The van der Waals surface area contributed by atoms with Crippen molar-refractivity contribution in [3.05, 3.63) is 28.8 Å². The quantitative estimate of drug-likeness (QED) is 0.729. The van der Waals surface area contributed by atoms with Gasteiger partial charge in [-0.1, -0.05) is 17.7 Å². The fourth-order valence-corrected chi connectivity index (χ4v) is 2.80. The number of amides is 1. The molecule has 4 nitrogen and oxygen atoms in total. The number of anilines is 1. The summed E-state index contributed by atoms with van der Waals surface area (Å²) in [6, 6.07) is 5.48. The van der Waals surface area contributed by atoms with Gasteiger partial charge in [-0.3, -0.25) is 4.79 Å². The predicted octanol–water partition coefficient (Wildman–Crippen LogP) is 1.21. The van der Waals surface area contributed by atoms with Gasteiger partial charge in [-0.2, -0.15) is 0 Å². The van der Waals surface area contributed by atoms with Gasteiger partial charge in [-0.05, 0) is 25.1 Å². The van der Waals surface area contributed by atoms with Gasteiger partial charge in [-0.15, -0.1) is 0 Å². The molecule has 3 rings (SSSR count). The number of fused-ring (bicyclic) bond motifs is 3. The van der Waals surface area contributed by atoms with E-state index in [0.717, 1.165) is 31.7 Å². The van der Waals surface area contributed by atoms with Crippen molar-refractivity contribution in [1.29, 1.82) is 0 Å². The molecule has 2 N–H and O–H groups in total. The van der Waals surface area contributed by atoms with Crippen LogP contribution >= 0.6 is 11.6 Å². The molecule has 0 aliphatic carbocycles. The summed E-state index contributed by atoms with van der Waals surface area (Å²) in [4.78, 5) is 14.2. The maximum atomic E-state index is 12.0. The SMILES string of the molecule is O=C1N[C@@H]2CCNCCN2c2c(Cl)cccc21. The number of halogens is 1. The first-order chi connectivity index (χ1) is 8.27. The minimum atomic E-state index is -0.0225. The molecule has 1 amide bonds. The highest BCUT2D eigenvalue weighted by atomic mass is 35.5. The van der Waals surface area contributed by atoms with Crippen LogP contribution in [0, 0.1) is 0 Å². The van der Waals surface area contributed by atoms with Gasteiger partial charge in [0, 0.05) is 13.1 Å². The minimum Gasteiger partial charge on any atom is -0.348 e. The molecule has 0 unspecified atom stereocenters. The van der Waals surface area contributed by atoms with Crippen molar-refractivity contribution in [3.8, 4) is 0 Å². The molecule has 0 aromatic heterocycles. The summed E-state index contributed by atoms with van der Waals surface area (Å²) in [5.74, 6) is -0.0225. The summed E-state index contributed by atoms with van der Waals surface area (Å²) in [6.45, 7) is 2.69. The van der Waals surface area contributed by atoms with Crippen molar-refractivity contribution >= 4 is 23.2 Å². The summed E-state index contributed by atoms with van der Waals surface area (Å²) >= 11 is 6.24. The van der Waals surface area contributed by atoms with Crippen LogP contribution in [0.4, 0.5) is 5.69 Å². The Bertz CT molecular complexity index is 463. The van der Waals surface area contributed by atoms with Crippen LogP contribution < -0.4 is 15.5 Å². The Morgan fingerprint density at radius 2 is 2.24 bits per heavy atom. The lowest BCUT2D eigenvalue weighted by Gasteiger charge is -2.38. The molecule has 2 aliphatic heterocycles. The Morgan fingerprint density at radius 1 is 1.35 bits per heavy atom. The first-order valence-electron chi connectivity index (χ1n) is 5.84. The van der Waals surface area contributed by atoms with Gasteiger partial charge in [0.15, 0.2) is 0 Å². The molecule has 1 saturated heterocycles. The van der Waals surface area contributed by atoms with Gasteiger partial charge in [0.25, 0.3) is 5.91 Å². The zero-order valence-corrected chi connectivity index (χ0v) is 10.1. The third-order valence-electron chi connectivity index (χ3n) is 3.32. The summed E-state index contributed by atoms with van der Waals surface area (Å²) < 4.78 is 0. The zero-order valence-electron chi connectivity index (χ0n) is 9.37. The molecule has 0 spiro atoms. The zero-order chi connectivity index (χ0) is 11.8. The normalized spacial score (nSPS) is 23.5. The molecular formula is C12H14ClN3O. The van der Waals surface area contributed by atoms with Crippen LogP contribution in [0.15, 0.2) is 18.2 Å². The smallest absolute Gasteiger partial charge is 0.255 e. The average molecular weight is 252 g/mol. The minimum absolute atomic E-state index is 0.0225. The number of para-hydroxylation sites is 1. The molecule has 90 valence electrons. The van der Waals surface area contributed by atoms with Crippen LogP contribution in [0.25, 0.3) is 0 Å². The fourth-order valence-electron chi connectivity index (χ4n) is 2.51. The number of rotatable bonds is 0. The van der Waals surface area contributed by atoms with E-state index in [4.69, 9.17) is 11.6 Å². The van der Waals surface area contributed by atoms with Crippen LogP contribution in [0.2, 0.25) is 5.02 Å². The Hall–Kier alpha value is -1.26. The van der Waals surface area contributed by atoms with E-state index < -0.39 is 0 Å². The third-order valence-corrected chi connectivity index (χ3v) is 3.62. The molecule has 1 atom stereocenters. The number of carbonyl (C=O) groups is 1. The van der Waals surface area contributed by atoms with Crippen molar-refractivity contribution in [2.24, 2.45) is 0 Å². The molecule has 1 aromatic rings. The monoisotopic (exact) mass is 251 g/mol. The highest BCUT2D eigenvalue weighted by Crippen LogP contribution is 2.34. The Balaban J connectivity index is 2.10. The molecule has 1 aromatic carbocycles. The fraction of sp³-hybridized carbons (Fsp3) is 0.417. The number of nitrogens with one attached hydrogen (secondary N) is 2. The molecule has 2 heterocycles. The van der Waals surface area contributed by atoms with Crippen molar-refractivity contribution in [3.63, 3.8) is 0 Å². The average Bonchev–Trinajstić information content (AvgIpc) is 2.55. The molecule has 1 fully saturated rings. The van der Waals surface area contributed by atoms with E-state index in [9.17, 15) is 4.79 Å². The second-order valence-electron chi connectivity index (χ2n) is 4.36. The number of hydrogen-bond acceptors (Lipinski definition) is 3. The predicted molar refractivity (Wildman–Crippen MR) is 67.5 cm³/mol. The molecule has 17 heavy (non-hydrogen) atoms. The van der Waals surface area contributed by atoms with Gasteiger partial charge < -0.3 is 15.5 Å². The maximum absolute atomic E-state index is 12.0. The van der Waals surface area contributed by atoms with Gasteiger partial charge in [-0.25, -0.2) is 0 Å². The first kappa shape index (κ1) is 10.9. The second-order valence-corrected chi connectivity index (χ2v) is 4.76. The molecule has 2 aliphatic rings.